The Kier molecular flexibility index (Phi) is 11.3. The second-order valence-electron chi connectivity index (χ2n) is 10.3. The van der Waals surface area contributed by atoms with Crippen molar-refractivity contribution in [2.45, 2.75) is 64.8 Å². The highest BCUT2D eigenvalue weighted by molar-refractivity contribution is 5.91. The summed E-state index contributed by atoms with van der Waals surface area (Å²) in [6.45, 7) is 4.97. The maximum Gasteiger partial charge on any atom is 0.338 e. The van der Waals surface area contributed by atoms with Gasteiger partial charge in [0.15, 0.2) is 12.8 Å². The number of rotatable bonds is 11. The molecule has 1 aromatic heterocycles. The first-order valence-corrected chi connectivity index (χ1v) is 13.6. The number of amides is 3. The molecule has 1 aliphatic heterocycles. The summed E-state index contributed by atoms with van der Waals surface area (Å²) >= 11 is 0. The van der Waals surface area contributed by atoms with E-state index >= 15 is 0 Å². The van der Waals surface area contributed by atoms with Crippen LogP contribution in [0.5, 0.6) is 0 Å². The quantitative estimate of drug-likeness (QED) is 0.353. The third-order valence-corrected chi connectivity index (χ3v) is 6.67. The van der Waals surface area contributed by atoms with E-state index in [0.717, 1.165) is 10.9 Å². The zero-order valence-electron chi connectivity index (χ0n) is 23.7. The highest BCUT2D eigenvalue weighted by Crippen LogP contribution is 2.20. The molecule has 2 heterocycles. The van der Waals surface area contributed by atoms with E-state index in [1.54, 1.807) is 19.9 Å². The Morgan fingerprint density at radius 3 is 2.54 bits per heavy atom. The average Bonchev–Trinajstić information content (AvgIpc) is 2.97. The lowest BCUT2D eigenvalue weighted by Gasteiger charge is -2.35. The number of hydrazine groups is 1. The summed E-state index contributed by atoms with van der Waals surface area (Å²) in [6, 6.07) is 7.24. The van der Waals surface area contributed by atoms with E-state index in [-0.39, 0.29) is 5.91 Å². The number of carbonyl (C=O) groups is 4. The number of alkyl halides is 2. The van der Waals surface area contributed by atoms with Crippen LogP contribution in [-0.2, 0) is 23.9 Å². The summed E-state index contributed by atoms with van der Waals surface area (Å²) in [5.41, 5.74) is 5.12. The Balaban J connectivity index is 1.60. The molecule has 41 heavy (non-hydrogen) atoms. The van der Waals surface area contributed by atoms with E-state index < -0.39 is 61.3 Å². The van der Waals surface area contributed by atoms with Gasteiger partial charge in [0.05, 0.1) is 17.3 Å². The van der Waals surface area contributed by atoms with Crippen molar-refractivity contribution < 1.29 is 32.7 Å². The van der Waals surface area contributed by atoms with Crippen LogP contribution in [0.25, 0.3) is 17.0 Å². The smallest absolute Gasteiger partial charge is 0.338 e. The van der Waals surface area contributed by atoms with E-state index in [4.69, 9.17) is 4.74 Å². The number of aromatic nitrogens is 1. The van der Waals surface area contributed by atoms with Crippen molar-refractivity contribution in [3.05, 3.63) is 47.7 Å². The first kappa shape index (κ1) is 31.6. The predicted octanol–water partition coefficient (Wildman–Crippen LogP) is 2.93. The van der Waals surface area contributed by atoms with Gasteiger partial charge >= 0.3 is 5.97 Å². The topological polar surface area (TPSA) is 130 Å². The number of nitrogens with one attached hydrogen (secondary N) is 3. The van der Waals surface area contributed by atoms with Gasteiger partial charge in [-0.15, -0.1) is 0 Å². The molecule has 0 spiro atoms. The standard InChI is InChI=1S/C29H37F2N5O5/c1-17(2)26(41-25(37)16-31)28(39)33-19(4)29(40)36-14-6-8-23(35-36)27(38)32-18(3)22-12-11-21-10-9-20(7-5-13-30)15-24(21)34-22/h5,7,9-12,15,17-19,23,26,35H,6,8,13-14,16H2,1-4H3,(H,32,38)(H,33,39)/b7-5+/t18-,19+,23+,26+/m1/s1. The Hall–Kier alpha value is -3.93. The molecule has 3 N–H and O–H groups in total. The first-order chi connectivity index (χ1) is 19.5. The highest BCUT2D eigenvalue weighted by atomic mass is 19.1. The Morgan fingerprint density at radius 2 is 1.85 bits per heavy atom. The van der Waals surface area contributed by atoms with Gasteiger partial charge in [0, 0.05) is 11.9 Å². The number of benzene rings is 1. The summed E-state index contributed by atoms with van der Waals surface area (Å²) in [6.07, 6.45) is 2.90. The van der Waals surface area contributed by atoms with E-state index in [9.17, 15) is 28.0 Å². The SMILES string of the molecule is CC(C)[C@H](OC(=O)CF)C(=O)N[C@@H](C)C(=O)N1CCC[C@@H](C(=O)N[C@H](C)c2ccc3ccc(/C=C/CF)cc3n2)N1. The summed E-state index contributed by atoms with van der Waals surface area (Å²) in [5, 5.41) is 7.66. The molecule has 4 atom stereocenters. The molecule has 0 aliphatic carbocycles. The van der Waals surface area contributed by atoms with Crippen LogP contribution in [0.4, 0.5) is 8.78 Å². The van der Waals surface area contributed by atoms with Crippen LogP contribution < -0.4 is 16.1 Å². The lowest BCUT2D eigenvalue weighted by molar-refractivity contribution is -0.160. The molecule has 12 heteroatoms. The second kappa shape index (κ2) is 14.6. The third-order valence-electron chi connectivity index (χ3n) is 6.67. The lowest BCUT2D eigenvalue weighted by atomic mass is 10.1. The van der Waals surface area contributed by atoms with Gasteiger partial charge in [-0.25, -0.2) is 19.0 Å². The van der Waals surface area contributed by atoms with Gasteiger partial charge < -0.3 is 15.4 Å². The molecule has 3 rings (SSSR count). The molecule has 0 bridgehead atoms. The second-order valence-corrected chi connectivity index (χ2v) is 10.3. The van der Waals surface area contributed by atoms with Crippen LogP contribution in [-0.4, -0.2) is 71.8 Å². The summed E-state index contributed by atoms with van der Waals surface area (Å²) in [7, 11) is 0. The van der Waals surface area contributed by atoms with Gasteiger partial charge in [-0.1, -0.05) is 44.2 Å². The van der Waals surface area contributed by atoms with Crippen LogP contribution in [0.1, 0.15) is 57.8 Å². The molecular weight excluding hydrogens is 536 g/mol. The van der Waals surface area contributed by atoms with Crippen LogP contribution in [0.15, 0.2) is 36.4 Å². The summed E-state index contributed by atoms with van der Waals surface area (Å²) in [5.74, 6) is -3.10. The Labute approximate surface area is 237 Å². The largest absolute Gasteiger partial charge is 0.450 e. The molecule has 1 saturated heterocycles. The summed E-state index contributed by atoms with van der Waals surface area (Å²) < 4.78 is 29.9. The monoisotopic (exact) mass is 573 g/mol. The number of allylic oxidation sites excluding steroid dienone is 1. The van der Waals surface area contributed by atoms with Crippen LogP contribution >= 0.6 is 0 Å². The van der Waals surface area contributed by atoms with Crippen molar-refractivity contribution in [1.82, 2.24) is 26.1 Å². The molecule has 0 saturated carbocycles. The van der Waals surface area contributed by atoms with Crippen molar-refractivity contribution in [1.29, 1.82) is 0 Å². The van der Waals surface area contributed by atoms with Crippen LogP contribution in [0.2, 0.25) is 0 Å². The van der Waals surface area contributed by atoms with Crippen molar-refractivity contribution in [2.24, 2.45) is 5.92 Å². The number of fused-ring (bicyclic) bond motifs is 1. The molecule has 1 aromatic carbocycles. The van der Waals surface area contributed by atoms with Crippen molar-refractivity contribution in [2.75, 3.05) is 19.9 Å². The number of ether oxygens (including phenoxy) is 1. The van der Waals surface area contributed by atoms with Crippen molar-refractivity contribution >= 4 is 40.7 Å². The minimum Gasteiger partial charge on any atom is -0.450 e. The number of pyridine rings is 1. The number of nitrogens with zero attached hydrogens (tertiary/aromatic N) is 2. The fourth-order valence-corrected chi connectivity index (χ4v) is 4.45. The van der Waals surface area contributed by atoms with Crippen LogP contribution in [0, 0.1) is 5.92 Å². The van der Waals surface area contributed by atoms with Gasteiger partial charge in [0.1, 0.15) is 18.8 Å². The van der Waals surface area contributed by atoms with Crippen molar-refractivity contribution in [3.8, 4) is 0 Å². The van der Waals surface area contributed by atoms with Gasteiger partial charge in [-0.3, -0.25) is 24.4 Å². The molecule has 1 fully saturated rings. The van der Waals surface area contributed by atoms with E-state index in [1.807, 2.05) is 37.3 Å². The number of esters is 1. The molecule has 10 nitrogen and oxygen atoms in total. The molecule has 3 amide bonds. The average molecular weight is 574 g/mol. The van der Waals surface area contributed by atoms with E-state index in [0.29, 0.717) is 30.6 Å². The normalized spacial score (nSPS) is 17.7. The number of hydrogen-bond donors (Lipinski definition) is 3. The Morgan fingerprint density at radius 1 is 1.12 bits per heavy atom. The third kappa shape index (κ3) is 8.53. The molecule has 0 unspecified atom stereocenters. The fourth-order valence-electron chi connectivity index (χ4n) is 4.45. The van der Waals surface area contributed by atoms with Gasteiger partial charge in [-0.05, 0) is 50.3 Å². The van der Waals surface area contributed by atoms with Gasteiger partial charge in [0.2, 0.25) is 5.91 Å². The molecule has 0 radical (unpaired) electrons. The van der Waals surface area contributed by atoms with Crippen molar-refractivity contribution in [3.63, 3.8) is 0 Å². The van der Waals surface area contributed by atoms with E-state index in [1.165, 1.54) is 18.0 Å². The first-order valence-electron chi connectivity index (χ1n) is 13.6. The fraction of sp³-hybridized carbons (Fsp3) is 0.483. The highest BCUT2D eigenvalue weighted by Gasteiger charge is 2.33. The molecule has 2 aromatic rings. The maximum absolute atomic E-state index is 13.1. The number of carbonyl (C=O) groups excluding carboxylic acids is 4. The zero-order chi connectivity index (χ0) is 30.1. The van der Waals surface area contributed by atoms with Crippen LogP contribution in [0.3, 0.4) is 0 Å². The lowest BCUT2D eigenvalue weighted by Crippen LogP contribution is -2.61. The summed E-state index contributed by atoms with van der Waals surface area (Å²) in [4.78, 5) is 54.8. The van der Waals surface area contributed by atoms with Gasteiger partial charge in [0.25, 0.3) is 11.8 Å². The zero-order valence-corrected chi connectivity index (χ0v) is 23.7. The van der Waals surface area contributed by atoms with E-state index in [2.05, 4.69) is 21.0 Å². The molecule has 1 aliphatic rings. The van der Waals surface area contributed by atoms with Gasteiger partial charge in [-0.2, -0.15) is 0 Å². The maximum atomic E-state index is 13.1. The minimum atomic E-state index is -1.36. The Bertz CT molecular complexity index is 1290. The number of halogens is 2. The molecular formula is C29H37F2N5O5. The number of hydrogen-bond acceptors (Lipinski definition) is 7. The predicted molar refractivity (Wildman–Crippen MR) is 149 cm³/mol. The molecule has 222 valence electrons. The minimum absolute atomic E-state index is 0.314.